The molecule has 0 heterocycles. The van der Waals surface area contributed by atoms with Gasteiger partial charge in [0, 0.05) is 32.8 Å². The van der Waals surface area contributed by atoms with Crippen molar-refractivity contribution in [1.82, 2.24) is 10.6 Å². The van der Waals surface area contributed by atoms with Crippen LogP contribution in [0.5, 0.6) is 5.75 Å². The first-order valence-electron chi connectivity index (χ1n) is 8.89. The highest BCUT2D eigenvalue weighted by atomic mass is 127. The Bertz CT molecular complexity index is 735. The molecule has 0 spiro atoms. The Morgan fingerprint density at radius 1 is 1.04 bits per heavy atom. The second-order valence-electron chi connectivity index (χ2n) is 6.08. The number of hydrogen-bond acceptors (Lipinski definition) is 3. The molecule has 0 aromatic heterocycles. The van der Waals surface area contributed by atoms with E-state index in [2.05, 4.69) is 58.9 Å². The fourth-order valence-corrected chi connectivity index (χ4v) is 2.68. The van der Waals surface area contributed by atoms with Crippen LogP contribution in [0.15, 0.2) is 47.5 Å². The molecule has 0 aliphatic rings. The van der Waals surface area contributed by atoms with Crippen molar-refractivity contribution < 1.29 is 9.47 Å². The Hall–Kier alpha value is -1.80. The normalized spacial score (nSPS) is 10.9. The van der Waals surface area contributed by atoms with E-state index in [1.165, 1.54) is 11.1 Å². The van der Waals surface area contributed by atoms with Gasteiger partial charge in [0.15, 0.2) is 5.96 Å². The molecule has 5 nitrogen and oxygen atoms in total. The van der Waals surface area contributed by atoms with Crippen LogP contribution in [-0.2, 0) is 24.4 Å². The Labute approximate surface area is 179 Å². The molecule has 0 unspecified atom stereocenters. The number of ether oxygens (including phenoxy) is 2. The predicted molar refractivity (Wildman–Crippen MR) is 122 cm³/mol. The van der Waals surface area contributed by atoms with Crippen molar-refractivity contribution >= 4 is 29.9 Å². The van der Waals surface area contributed by atoms with Gasteiger partial charge < -0.3 is 20.1 Å². The van der Waals surface area contributed by atoms with Crippen molar-refractivity contribution in [3.63, 3.8) is 0 Å². The predicted octanol–water partition coefficient (Wildman–Crippen LogP) is 4.02. The summed E-state index contributed by atoms with van der Waals surface area (Å²) in [7, 11) is 3.48. The third-order valence-electron chi connectivity index (χ3n) is 3.95. The van der Waals surface area contributed by atoms with E-state index in [0.717, 1.165) is 22.8 Å². The third kappa shape index (κ3) is 7.76. The van der Waals surface area contributed by atoms with Gasteiger partial charge in [-0.1, -0.05) is 36.4 Å². The zero-order valence-corrected chi connectivity index (χ0v) is 18.9. The summed E-state index contributed by atoms with van der Waals surface area (Å²) in [4.78, 5) is 4.30. The summed E-state index contributed by atoms with van der Waals surface area (Å²) >= 11 is 0. The molecule has 2 aromatic rings. The molecule has 0 saturated carbocycles. The summed E-state index contributed by atoms with van der Waals surface area (Å²) in [5.41, 5.74) is 4.65. The number of methoxy groups -OCH3 is 1. The lowest BCUT2D eigenvalue weighted by Crippen LogP contribution is -2.36. The average Bonchev–Trinajstić information content (AvgIpc) is 2.64. The topological polar surface area (TPSA) is 54.9 Å². The second-order valence-corrected chi connectivity index (χ2v) is 6.08. The number of aryl methyl sites for hydroxylation is 1. The van der Waals surface area contributed by atoms with Gasteiger partial charge in [-0.2, -0.15) is 0 Å². The molecule has 0 amide bonds. The number of nitrogens with zero attached hydrogens (tertiary/aromatic N) is 1. The summed E-state index contributed by atoms with van der Waals surface area (Å²) in [6.07, 6.45) is 0. The Balaban J connectivity index is 0.00000364. The minimum Gasteiger partial charge on any atom is -0.494 e. The Kier molecular flexibility index (Phi) is 10.8. The number of benzene rings is 2. The van der Waals surface area contributed by atoms with Crippen molar-refractivity contribution in [2.75, 3.05) is 20.8 Å². The number of halogens is 1. The second kappa shape index (κ2) is 12.6. The van der Waals surface area contributed by atoms with Crippen LogP contribution >= 0.6 is 24.0 Å². The van der Waals surface area contributed by atoms with E-state index in [9.17, 15) is 0 Å². The van der Waals surface area contributed by atoms with Gasteiger partial charge in [-0.15, -0.1) is 24.0 Å². The molecule has 148 valence electrons. The lowest BCUT2D eigenvalue weighted by atomic mass is 10.1. The van der Waals surface area contributed by atoms with E-state index in [1.807, 2.05) is 13.0 Å². The zero-order chi connectivity index (χ0) is 18.8. The van der Waals surface area contributed by atoms with E-state index >= 15 is 0 Å². The van der Waals surface area contributed by atoms with Gasteiger partial charge >= 0.3 is 0 Å². The van der Waals surface area contributed by atoms with Crippen LogP contribution < -0.4 is 15.4 Å². The minimum absolute atomic E-state index is 0. The van der Waals surface area contributed by atoms with Crippen LogP contribution in [0, 0.1) is 6.92 Å². The molecular formula is C21H30IN3O2. The van der Waals surface area contributed by atoms with Crippen molar-refractivity contribution in [2.24, 2.45) is 4.99 Å². The van der Waals surface area contributed by atoms with Crippen molar-refractivity contribution in [1.29, 1.82) is 0 Å². The fourth-order valence-electron chi connectivity index (χ4n) is 2.68. The first kappa shape index (κ1) is 23.2. The van der Waals surface area contributed by atoms with E-state index < -0.39 is 0 Å². The minimum atomic E-state index is 0. The van der Waals surface area contributed by atoms with E-state index in [0.29, 0.717) is 26.3 Å². The molecular weight excluding hydrogens is 453 g/mol. The van der Waals surface area contributed by atoms with Gasteiger partial charge in [0.05, 0.1) is 13.2 Å². The van der Waals surface area contributed by atoms with Crippen LogP contribution in [0.4, 0.5) is 0 Å². The summed E-state index contributed by atoms with van der Waals surface area (Å²) in [5, 5.41) is 6.69. The number of hydrogen-bond donors (Lipinski definition) is 2. The maximum absolute atomic E-state index is 5.74. The highest BCUT2D eigenvalue weighted by Gasteiger charge is 2.06. The summed E-state index contributed by atoms with van der Waals surface area (Å²) in [5.74, 6) is 1.67. The average molecular weight is 483 g/mol. The molecule has 0 atom stereocenters. The molecule has 0 bridgehead atoms. The molecule has 6 heteroatoms. The molecule has 27 heavy (non-hydrogen) atoms. The molecule has 0 radical (unpaired) electrons. The highest BCUT2D eigenvalue weighted by molar-refractivity contribution is 14.0. The first-order chi connectivity index (χ1) is 12.7. The number of aliphatic imine (C=N–C) groups is 1. The van der Waals surface area contributed by atoms with Gasteiger partial charge in [0.25, 0.3) is 0 Å². The van der Waals surface area contributed by atoms with Crippen molar-refractivity contribution in [3.05, 3.63) is 64.7 Å². The van der Waals surface area contributed by atoms with E-state index in [-0.39, 0.29) is 24.0 Å². The van der Waals surface area contributed by atoms with Gasteiger partial charge in [0.1, 0.15) is 5.75 Å². The zero-order valence-electron chi connectivity index (χ0n) is 16.5. The van der Waals surface area contributed by atoms with Gasteiger partial charge in [-0.25, -0.2) is 0 Å². The highest BCUT2D eigenvalue weighted by Crippen LogP contribution is 2.20. The monoisotopic (exact) mass is 483 g/mol. The largest absolute Gasteiger partial charge is 0.494 e. The van der Waals surface area contributed by atoms with E-state index in [4.69, 9.17) is 9.47 Å². The maximum atomic E-state index is 5.74. The number of nitrogens with one attached hydrogen (secondary N) is 2. The van der Waals surface area contributed by atoms with Crippen LogP contribution in [-0.4, -0.2) is 26.7 Å². The van der Waals surface area contributed by atoms with Crippen LogP contribution in [0.3, 0.4) is 0 Å². The maximum Gasteiger partial charge on any atom is 0.191 e. The standard InChI is InChI=1S/C21H29N3O2.HI/c1-5-26-20-11-16(2)9-10-19(20)14-24-21(22-3)23-13-17-7-6-8-18(12-17)15-25-4;/h6-12H,5,13-15H2,1-4H3,(H2,22,23,24);1H. The van der Waals surface area contributed by atoms with Gasteiger partial charge in [-0.05, 0) is 36.6 Å². The summed E-state index contributed by atoms with van der Waals surface area (Å²) < 4.78 is 10.9. The summed E-state index contributed by atoms with van der Waals surface area (Å²) in [6, 6.07) is 14.6. The smallest absolute Gasteiger partial charge is 0.191 e. The SMILES string of the molecule is CCOc1cc(C)ccc1CNC(=NC)NCc1cccc(COC)c1.I. The van der Waals surface area contributed by atoms with E-state index in [1.54, 1.807) is 14.2 Å². The van der Waals surface area contributed by atoms with Crippen LogP contribution in [0.25, 0.3) is 0 Å². The number of rotatable bonds is 8. The molecule has 0 aliphatic carbocycles. The molecule has 0 aliphatic heterocycles. The molecule has 2 rings (SSSR count). The third-order valence-corrected chi connectivity index (χ3v) is 3.95. The molecule has 2 N–H and O–H groups in total. The van der Waals surface area contributed by atoms with Crippen LogP contribution in [0.1, 0.15) is 29.2 Å². The summed E-state index contributed by atoms with van der Waals surface area (Å²) in [6.45, 7) is 6.69. The van der Waals surface area contributed by atoms with Crippen LogP contribution in [0.2, 0.25) is 0 Å². The lowest BCUT2D eigenvalue weighted by Gasteiger charge is -2.15. The Morgan fingerprint density at radius 2 is 1.78 bits per heavy atom. The van der Waals surface area contributed by atoms with Crippen molar-refractivity contribution in [2.45, 2.75) is 33.5 Å². The lowest BCUT2D eigenvalue weighted by molar-refractivity contribution is 0.185. The van der Waals surface area contributed by atoms with Gasteiger partial charge in [-0.3, -0.25) is 4.99 Å². The van der Waals surface area contributed by atoms with Gasteiger partial charge in [0.2, 0.25) is 0 Å². The molecule has 2 aromatic carbocycles. The Morgan fingerprint density at radius 3 is 2.48 bits per heavy atom. The number of guanidine groups is 1. The quantitative estimate of drug-likeness (QED) is 0.339. The molecule has 0 fully saturated rings. The molecule has 0 saturated heterocycles. The first-order valence-corrected chi connectivity index (χ1v) is 8.89. The van der Waals surface area contributed by atoms with Crippen molar-refractivity contribution in [3.8, 4) is 5.75 Å². The fraction of sp³-hybridized carbons (Fsp3) is 0.381.